The van der Waals surface area contributed by atoms with Gasteiger partial charge in [-0.15, -0.1) is 11.3 Å². The summed E-state index contributed by atoms with van der Waals surface area (Å²) in [7, 11) is 0. The topological polar surface area (TPSA) is 17.1 Å². The zero-order valence-electron chi connectivity index (χ0n) is 10.3. The van der Waals surface area contributed by atoms with E-state index >= 15 is 0 Å². The Morgan fingerprint density at radius 1 is 1.11 bits per heavy atom. The highest BCUT2D eigenvalue weighted by atomic mass is 32.1. The van der Waals surface area contributed by atoms with Crippen LogP contribution in [-0.4, -0.2) is 5.78 Å². The normalized spacial score (nSPS) is 13.6. The molecular weight excluding hydrogens is 240 g/mol. The summed E-state index contributed by atoms with van der Waals surface area (Å²) < 4.78 is 0. The maximum absolute atomic E-state index is 12.0. The molecule has 2 heteroatoms. The fourth-order valence-corrected chi connectivity index (χ4v) is 3.37. The SMILES string of the molecule is O=C(Cc1ccc2c(c1)CCC2)Cc1cccs1. The number of fused-ring (bicyclic) bond motifs is 1. The molecule has 3 rings (SSSR count). The van der Waals surface area contributed by atoms with Crippen molar-refractivity contribution in [3.63, 3.8) is 0 Å². The second-order valence-electron chi connectivity index (χ2n) is 4.93. The molecule has 0 amide bonds. The summed E-state index contributed by atoms with van der Waals surface area (Å²) >= 11 is 1.66. The van der Waals surface area contributed by atoms with Gasteiger partial charge in [0.15, 0.2) is 0 Å². The van der Waals surface area contributed by atoms with Crippen LogP contribution in [0.25, 0.3) is 0 Å². The molecule has 0 aliphatic heterocycles. The second-order valence-corrected chi connectivity index (χ2v) is 5.96. The van der Waals surface area contributed by atoms with E-state index in [0.717, 1.165) is 0 Å². The third kappa shape index (κ3) is 2.54. The molecule has 1 nitrogen and oxygen atoms in total. The highest BCUT2D eigenvalue weighted by molar-refractivity contribution is 7.10. The van der Waals surface area contributed by atoms with E-state index in [2.05, 4.69) is 18.2 Å². The number of thiophene rings is 1. The summed E-state index contributed by atoms with van der Waals surface area (Å²) in [5.74, 6) is 0.315. The van der Waals surface area contributed by atoms with E-state index in [9.17, 15) is 4.79 Å². The van der Waals surface area contributed by atoms with Crippen molar-refractivity contribution in [2.45, 2.75) is 32.1 Å². The average molecular weight is 256 g/mol. The van der Waals surface area contributed by atoms with Crippen LogP contribution in [0.15, 0.2) is 35.7 Å². The predicted molar refractivity (Wildman–Crippen MR) is 75.2 cm³/mol. The van der Waals surface area contributed by atoms with Gasteiger partial charge in [0.05, 0.1) is 0 Å². The number of rotatable bonds is 4. The van der Waals surface area contributed by atoms with E-state index in [1.54, 1.807) is 11.3 Å². The lowest BCUT2D eigenvalue weighted by molar-refractivity contribution is -0.117. The first-order valence-corrected chi connectivity index (χ1v) is 7.34. The van der Waals surface area contributed by atoms with Crippen molar-refractivity contribution >= 4 is 17.1 Å². The molecule has 0 N–H and O–H groups in total. The Kier molecular flexibility index (Phi) is 3.28. The molecule has 1 aromatic carbocycles. The molecule has 0 saturated carbocycles. The molecule has 0 radical (unpaired) electrons. The van der Waals surface area contributed by atoms with E-state index < -0.39 is 0 Å². The van der Waals surface area contributed by atoms with E-state index in [-0.39, 0.29) is 0 Å². The lowest BCUT2D eigenvalue weighted by Gasteiger charge is -2.04. The minimum absolute atomic E-state index is 0.315. The maximum Gasteiger partial charge on any atom is 0.142 e. The van der Waals surface area contributed by atoms with Crippen LogP contribution >= 0.6 is 11.3 Å². The predicted octanol–water partition coefficient (Wildman–Crippen LogP) is 3.59. The van der Waals surface area contributed by atoms with Crippen LogP contribution in [0.4, 0.5) is 0 Å². The number of hydrogen-bond acceptors (Lipinski definition) is 2. The molecule has 1 heterocycles. The van der Waals surface area contributed by atoms with Gasteiger partial charge >= 0.3 is 0 Å². The van der Waals surface area contributed by atoms with Crippen molar-refractivity contribution in [2.75, 3.05) is 0 Å². The number of ketones is 1. The van der Waals surface area contributed by atoms with Crippen molar-refractivity contribution in [3.05, 3.63) is 57.3 Å². The van der Waals surface area contributed by atoms with Crippen molar-refractivity contribution in [3.8, 4) is 0 Å². The molecular formula is C16H16OS. The maximum atomic E-state index is 12.0. The molecule has 18 heavy (non-hydrogen) atoms. The van der Waals surface area contributed by atoms with Gasteiger partial charge in [0.1, 0.15) is 5.78 Å². The van der Waals surface area contributed by atoms with Gasteiger partial charge in [-0.3, -0.25) is 4.79 Å². The first kappa shape index (κ1) is 11.7. The molecule has 1 aliphatic rings. The third-order valence-electron chi connectivity index (χ3n) is 3.52. The quantitative estimate of drug-likeness (QED) is 0.817. The Bertz CT molecular complexity index is 554. The number of Topliss-reactive ketones (excluding diaryl/α,β-unsaturated/α-hetero) is 1. The smallest absolute Gasteiger partial charge is 0.142 e. The van der Waals surface area contributed by atoms with E-state index in [4.69, 9.17) is 0 Å². The fourth-order valence-electron chi connectivity index (χ4n) is 2.63. The summed E-state index contributed by atoms with van der Waals surface area (Å²) in [4.78, 5) is 13.2. The standard InChI is InChI=1S/C16H16OS/c17-15(11-16-5-2-8-18-16)10-12-6-7-13-3-1-4-14(13)9-12/h2,5-9H,1,3-4,10-11H2. The first-order valence-electron chi connectivity index (χ1n) is 6.46. The number of benzene rings is 1. The Morgan fingerprint density at radius 3 is 2.83 bits per heavy atom. The average Bonchev–Trinajstić information content (AvgIpc) is 2.98. The molecule has 0 saturated heterocycles. The molecule has 0 atom stereocenters. The number of hydrogen-bond donors (Lipinski definition) is 0. The molecule has 1 aliphatic carbocycles. The Hall–Kier alpha value is -1.41. The highest BCUT2D eigenvalue weighted by Crippen LogP contribution is 2.23. The second kappa shape index (κ2) is 5.07. The number of carbonyl (C=O) groups excluding carboxylic acids is 1. The van der Waals surface area contributed by atoms with Crippen LogP contribution in [0.5, 0.6) is 0 Å². The van der Waals surface area contributed by atoms with E-state index in [0.29, 0.717) is 18.6 Å². The summed E-state index contributed by atoms with van der Waals surface area (Å²) in [5, 5.41) is 2.03. The summed E-state index contributed by atoms with van der Waals surface area (Å²) in [6.07, 6.45) is 4.81. The van der Waals surface area contributed by atoms with Crippen molar-refractivity contribution in [1.82, 2.24) is 0 Å². The Labute approximate surface area is 111 Å². The lowest BCUT2D eigenvalue weighted by Crippen LogP contribution is -2.05. The van der Waals surface area contributed by atoms with Crippen molar-refractivity contribution in [1.29, 1.82) is 0 Å². The largest absolute Gasteiger partial charge is 0.299 e. The minimum atomic E-state index is 0.315. The van der Waals surface area contributed by atoms with Crippen molar-refractivity contribution in [2.24, 2.45) is 0 Å². The fraction of sp³-hybridized carbons (Fsp3) is 0.312. The highest BCUT2D eigenvalue weighted by Gasteiger charge is 2.12. The summed E-state index contributed by atoms with van der Waals surface area (Å²) in [5.41, 5.74) is 4.11. The van der Waals surface area contributed by atoms with Gasteiger partial charge in [0.2, 0.25) is 0 Å². The summed E-state index contributed by atoms with van der Waals surface area (Å²) in [6, 6.07) is 10.6. The van der Waals surface area contributed by atoms with E-state index in [1.165, 1.54) is 40.8 Å². The van der Waals surface area contributed by atoms with Crippen LogP contribution in [0.2, 0.25) is 0 Å². The third-order valence-corrected chi connectivity index (χ3v) is 4.39. The van der Waals surface area contributed by atoms with Crippen LogP contribution < -0.4 is 0 Å². The first-order chi connectivity index (χ1) is 8.81. The molecule has 1 aromatic heterocycles. The molecule has 2 aromatic rings. The van der Waals surface area contributed by atoms with Crippen LogP contribution in [0.3, 0.4) is 0 Å². The van der Waals surface area contributed by atoms with Gasteiger partial charge in [-0.05, 0) is 47.4 Å². The zero-order chi connectivity index (χ0) is 12.4. The van der Waals surface area contributed by atoms with Gasteiger partial charge in [-0.25, -0.2) is 0 Å². The van der Waals surface area contributed by atoms with Crippen molar-refractivity contribution < 1.29 is 4.79 Å². The Morgan fingerprint density at radius 2 is 2.00 bits per heavy atom. The number of carbonyl (C=O) groups is 1. The molecule has 0 bridgehead atoms. The zero-order valence-corrected chi connectivity index (χ0v) is 11.1. The monoisotopic (exact) mass is 256 g/mol. The summed E-state index contributed by atoms with van der Waals surface area (Å²) in [6.45, 7) is 0. The lowest BCUT2D eigenvalue weighted by atomic mass is 10.0. The van der Waals surface area contributed by atoms with E-state index in [1.807, 2.05) is 17.5 Å². The van der Waals surface area contributed by atoms with Crippen LogP contribution in [0, 0.1) is 0 Å². The molecule has 0 spiro atoms. The molecule has 0 unspecified atom stereocenters. The van der Waals surface area contributed by atoms with Gasteiger partial charge in [-0.2, -0.15) is 0 Å². The van der Waals surface area contributed by atoms with Gasteiger partial charge in [0.25, 0.3) is 0 Å². The van der Waals surface area contributed by atoms with Gasteiger partial charge in [-0.1, -0.05) is 24.3 Å². The molecule has 92 valence electrons. The minimum Gasteiger partial charge on any atom is -0.299 e. The Balaban J connectivity index is 1.67. The van der Waals surface area contributed by atoms with Crippen LogP contribution in [-0.2, 0) is 30.5 Å². The van der Waals surface area contributed by atoms with Gasteiger partial charge in [0, 0.05) is 17.7 Å². The molecule has 0 fully saturated rings. The number of aryl methyl sites for hydroxylation is 2. The van der Waals surface area contributed by atoms with Crippen LogP contribution in [0.1, 0.15) is 28.0 Å². The van der Waals surface area contributed by atoms with Gasteiger partial charge < -0.3 is 0 Å².